The Kier molecular flexibility index (Phi) is 7.59. The number of rotatable bonds is 8. The van der Waals surface area contributed by atoms with Gasteiger partial charge in [0, 0.05) is 23.7 Å². The number of likely N-dealkylation sites (tertiary alicyclic amines) is 1. The number of likely N-dealkylation sites (N-methyl/N-ethyl adjacent to an activating group) is 1. The zero-order valence-electron chi connectivity index (χ0n) is 18.9. The fourth-order valence-corrected chi connectivity index (χ4v) is 4.19. The first-order chi connectivity index (χ1) is 15.3. The van der Waals surface area contributed by atoms with Crippen molar-refractivity contribution >= 4 is 29.1 Å². The summed E-state index contributed by atoms with van der Waals surface area (Å²) in [4.78, 5) is 29.9. The Labute approximate surface area is 194 Å². The minimum atomic E-state index is -0.690. The minimum Gasteiger partial charge on any atom is -0.507 e. The van der Waals surface area contributed by atoms with E-state index in [2.05, 4.69) is 18.7 Å². The lowest BCUT2D eigenvalue weighted by molar-refractivity contribution is -0.140. The molecule has 1 N–H and O–H groups in total. The van der Waals surface area contributed by atoms with Gasteiger partial charge in [-0.15, -0.1) is 0 Å². The number of aryl methyl sites for hydroxylation is 1. The Bertz CT molecular complexity index is 1030. The summed E-state index contributed by atoms with van der Waals surface area (Å²) in [5, 5.41) is 11.8. The quantitative estimate of drug-likeness (QED) is 0.361. The van der Waals surface area contributed by atoms with Gasteiger partial charge < -0.3 is 19.6 Å². The predicted octanol–water partition coefficient (Wildman–Crippen LogP) is 4.42. The average molecular weight is 457 g/mol. The highest BCUT2D eigenvalue weighted by Gasteiger charge is 2.46. The summed E-state index contributed by atoms with van der Waals surface area (Å²) in [6, 6.07) is 11.5. The van der Waals surface area contributed by atoms with Crippen LogP contribution in [0.2, 0.25) is 5.02 Å². The van der Waals surface area contributed by atoms with Crippen LogP contribution in [0, 0.1) is 6.92 Å². The number of ether oxygens (including phenoxy) is 1. The maximum absolute atomic E-state index is 13.1. The number of amides is 1. The average Bonchev–Trinajstić information content (AvgIpc) is 3.04. The van der Waals surface area contributed by atoms with E-state index in [1.165, 1.54) is 0 Å². The summed E-state index contributed by atoms with van der Waals surface area (Å²) in [6.07, 6.45) is 0. The van der Waals surface area contributed by atoms with E-state index < -0.39 is 17.7 Å². The number of carbonyl (C=O) groups excluding carboxylic acids is 2. The highest BCUT2D eigenvalue weighted by atomic mass is 35.5. The Hall–Kier alpha value is -2.83. The summed E-state index contributed by atoms with van der Waals surface area (Å²) in [5.41, 5.74) is 2.04. The molecule has 32 heavy (non-hydrogen) atoms. The van der Waals surface area contributed by atoms with Crippen molar-refractivity contribution in [2.45, 2.75) is 26.8 Å². The molecule has 0 aliphatic carbocycles. The summed E-state index contributed by atoms with van der Waals surface area (Å²) in [6.45, 7) is 8.63. The fourth-order valence-electron chi connectivity index (χ4n) is 4.07. The van der Waals surface area contributed by atoms with Crippen LogP contribution in [-0.4, -0.2) is 59.9 Å². The molecule has 1 amide bonds. The van der Waals surface area contributed by atoms with E-state index in [0.29, 0.717) is 29.4 Å². The highest BCUT2D eigenvalue weighted by molar-refractivity contribution is 6.46. The second-order valence-electron chi connectivity index (χ2n) is 7.75. The molecule has 0 unspecified atom stereocenters. The molecular weight excluding hydrogens is 428 g/mol. The van der Waals surface area contributed by atoms with Gasteiger partial charge in [-0.05, 0) is 61.5 Å². The Morgan fingerprint density at radius 2 is 1.78 bits per heavy atom. The molecule has 1 aliphatic rings. The number of hydrogen-bond donors (Lipinski definition) is 1. The molecule has 0 spiro atoms. The van der Waals surface area contributed by atoms with Crippen molar-refractivity contribution < 1.29 is 19.4 Å². The maximum Gasteiger partial charge on any atom is 0.295 e. The Balaban J connectivity index is 2.12. The standard InChI is InChI=1S/C25H29ClN2O4/c1-5-27(6-2)13-14-28-22(17-7-9-18(26)10-8-17)21(24(30)25(28)31)23(29)20-12-11-19(32-4)15-16(20)3/h7-12,15,22,29H,5-6,13-14H2,1-4H3/b23-21+/t22-/m0/s1. The zero-order chi connectivity index (χ0) is 23.4. The van der Waals surface area contributed by atoms with Gasteiger partial charge in [0.25, 0.3) is 11.7 Å². The Morgan fingerprint density at radius 1 is 1.12 bits per heavy atom. The largest absolute Gasteiger partial charge is 0.507 e. The van der Waals surface area contributed by atoms with E-state index in [1.54, 1.807) is 54.5 Å². The van der Waals surface area contributed by atoms with E-state index in [-0.39, 0.29) is 11.3 Å². The summed E-state index contributed by atoms with van der Waals surface area (Å²) in [7, 11) is 1.57. The number of hydrogen-bond acceptors (Lipinski definition) is 5. The molecule has 0 radical (unpaired) electrons. The lowest BCUT2D eigenvalue weighted by atomic mass is 9.94. The van der Waals surface area contributed by atoms with Crippen molar-refractivity contribution in [3.8, 4) is 5.75 Å². The first-order valence-corrected chi connectivity index (χ1v) is 11.1. The number of carbonyl (C=O) groups is 2. The number of Topliss-reactive ketones (excluding diaryl/α,β-unsaturated/α-hetero) is 1. The number of methoxy groups -OCH3 is 1. The monoisotopic (exact) mass is 456 g/mol. The molecule has 170 valence electrons. The molecule has 0 saturated carbocycles. The van der Waals surface area contributed by atoms with Gasteiger partial charge in [-0.25, -0.2) is 0 Å². The SMILES string of the molecule is CCN(CC)CCN1C(=O)C(=O)/C(=C(/O)c2ccc(OC)cc2C)[C@@H]1c1ccc(Cl)cc1. The lowest BCUT2D eigenvalue weighted by Gasteiger charge is -2.28. The maximum atomic E-state index is 13.1. The number of ketones is 1. The molecule has 1 fully saturated rings. The van der Waals surface area contributed by atoms with Crippen LogP contribution in [0.25, 0.3) is 5.76 Å². The van der Waals surface area contributed by atoms with Crippen molar-refractivity contribution in [3.63, 3.8) is 0 Å². The van der Waals surface area contributed by atoms with Crippen LogP contribution in [0.3, 0.4) is 0 Å². The van der Waals surface area contributed by atoms with Crippen LogP contribution in [0.5, 0.6) is 5.75 Å². The second kappa shape index (κ2) is 10.2. The molecule has 1 saturated heterocycles. The van der Waals surface area contributed by atoms with Gasteiger partial charge in [0.05, 0.1) is 18.7 Å². The number of halogens is 1. The topological polar surface area (TPSA) is 70.1 Å². The lowest BCUT2D eigenvalue weighted by Crippen LogP contribution is -2.38. The van der Waals surface area contributed by atoms with Gasteiger partial charge >= 0.3 is 0 Å². The van der Waals surface area contributed by atoms with Crippen LogP contribution in [0.1, 0.15) is 36.6 Å². The van der Waals surface area contributed by atoms with Crippen molar-refractivity contribution in [2.75, 3.05) is 33.3 Å². The van der Waals surface area contributed by atoms with Gasteiger partial charge in [-0.1, -0.05) is 37.6 Å². The minimum absolute atomic E-state index is 0.0881. The third-order valence-electron chi connectivity index (χ3n) is 5.97. The second-order valence-corrected chi connectivity index (χ2v) is 8.19. The van der Waals surface area contributed by atoms with Crippen LogP contribution >= 0.6 is 11.6 Å². The summed E-state index contributed by atoms with van der Waals surface area (Å²) >= 11 is 6.07. The van der Waals surface area contributed by atoms with E-state index in [4.69, 9.17) is 16.3 Å². The molecule has 0 bridgehead atoms. The molecule has 1 aliphatic heterocycles. The molecule has 2 aromatic carbocycles. The predicted molar refractivity (Wildman–Crippen MR) is 126 cm³/mol. The highest BCUT2D eigenvalue weighted by Crippen LogP contribution is 2.40. The molecule has 0 aromatic heterocycles. The fraction of sp³-hybridized carbons (Fsp3) is 0.360. The van der Waals surface area contributed by atoms with Gasteiger partial charge in [-0.2, -0.15) is 0 Å². The normalized spacial score (nSPS) is 17.9. The van der Waals surface area contributed by atoms with E-state index >= 15 is 0 Å². The first-order valence-electron chi connectivity index (χ1n) is 10.7. The van der Waals surface area contributed by atoms with Crippen LogP contribution in [0.4, 0.5) is 0 Å². The van der Waals surface area contributed by atoms with E-state index in [0.717, 1.165) is 24.2 Å². The van der Waals surface area contributed by atoms with Gasteiger partial charge in [-0.3, -0.25) is 9.59 Å². The summed E-state index contributed by atoms with van der Waals surface area (Å²) < 4.78 is 5.24. The van der Waals surface area contributed by atoms with Crippen molar-refractivity contribution in [2.24, 2.45) is 0 Å². The van der Waals surface area contributed by atoms with Crippen LogP contribution in [0.15, 0.2) is 48.0 Å². The number of benzene rings is 2. The van der Waals surface area contributed by atoms with Gasteiger partial charge in [0.2, 0.25) is 0 Å². The smallest absolute Gasteiger partial charge is 0.295 e. The molecule has 1 heterocycles. The van der Waals surface area contributed by atoms with E-state index in [1.807, 2.05) is 6.92 Å². The van der Waals surface area contributed by atoms with Crippen molar-refractivity contribution in [1.29, 1.82) is 0 Å². The van der Waals surface area contributed by atoms with Gasteiger partial charge in [0.1, 0.15) is 11.5 Å². The zero-order valence-corrected chi connectivity index (χ0v) is 19.6. The third kappa shape index (κ3) is 4.66. The molecule has 2 aromatic rings. The Morgan fingerprint density at radius 3 is 2.34 bits per heavy atom. The molecule has 7 heteroatoms. The van der Waals surface area contributed by atoms with Gasteiger partial charge in [0.15, 0.2) is 0 Å². The van der Waals surface area contributed by atoms with E-state index in [9.17, 15) is 14.7 Å². The first kappa shape index (κ1) is 23.8. The number of aliphatic hydroxyl groups excluding tert-OH is 1. The number of aliphatic hydroxyl groups is 1. The summed E-state index contributed by atoms with van der Waals surface area (Å²) in [5.74, 6) is -0.830. The molecule has 1 atom stereocenters. The third-order valence-corrected chi connectivity index (χ3v) is 6.22. The molecule has 6 nitrogen and oxygen atoms in total. The van der Waals surface area contributed by atoms with Crippen LogP contribution in [-0.2, 0) is 9.59 Å². The van der Waals surface area contributed by atoms with Crippen molar-refractivity contribution in [1.82, 2.24) is 9.80 Å². The van der Waals surface area contributed by atoms with Crippen molar-refractivity contribution in [3.05, 3.63) is 69.8 Å². The molecular formula is C25H29ClN2O4. The number of nitrogens with zero attached hydrogens (tertiary/aromatic N) is 2. The van der Waals surface area contributed by atoms with Crippen LogP contribution < -0.4 is 4.74 Å². The molecule has 3 rings (SSSR count).